The summed E-state index contributed by atoms with van der Waals surface area (Å²) in [6.45, 7) is 10.3. The van der Waals surface area contributed by atoms with Gasteiger partial charge in [-0.15, -0.1) is 0 Å². The smallest absolute Gasteiger partial charge is 0.308 e. The molecule has 0 N–H and O–H groups in total. The number of methoxy groups -OCH3 is 2. The predicted octanol–water partition coefficient (Wildman–Crippen LogP) is 4.13. The van der Waals surface area contributed by atoms with Crippen molar-refractivity contribution in [3.8, 4) is 0 Å². The Hall–Kier alpha value is -2.24. The maximum atomic E-state index is 12.1. The molecule has 0 aromatic carbocycles. The Labute approximate surface area is 246 Å². The van der Waals surface area contributed by atoms with E-state index in [9.17, 15) is 19.2 Å². The highest BCUT2D eigenvalue weighted by molar-refractivity contribution is 5.72. The fraction of sp³-hybridized carbons (Fsp3) is 0.867. The quantitative estimate of drug-likeness (QED) is 0.0818. The molecule has 0 aromatic heterocycles. The van der Waals surface area contributed by atoms with Gasteiger partial charge in [0.15, 0.2) is 0 Å². The van der Waals surface area contributed by atoms with Crippen LogP contribution < -0.4 is 0 Å². The van der Waals surface area contributed by atoms with Crippen molar-refractivity contribution in [1.29, 1.82) is 0 Å². The van der Waals surface area contributed by atoms with E-state index >= 15 is 0 Å². The van der Waals surface area contributed by atoms with Crippen LogP contribution in [0, 0.1) is 23.7 Å². The number of carbonyl (C=O) groups excluding carboxylic acids is 4. The minimum absolute atomic E-state index is 0.129. The second kappa shape index (κ2) is 25.5. The van der Waals surface area contributed by atoms with Crippen LogP contribution in [0.5, 0.6) is 0 Å². The van der Waals surface area contributed by atoms with Gasteiger partial charge < -0.3 is 33.2 Å². The Morgan fingerprint density at radius 2 is 0.683 bits per heavy atom. The zero-order valence-corrected chi connectivity index (χ0v) is 26.1. The van der Waals surface area contributed by atoms with E-state index < -0.39 is 0 Å². The molecule has 11 nitrogen and oxygen atoms in total. The maximum Gasteiger partial charge on any atom is 0.308 e. The van der Waals surface area contributed by atoms with Crippen LogP contribution in [-0.2, 0) is 52.3 Å². The Bertz CT molecular complexity index is 655. The van der Waals surface area contributed by atoms with E-state index in [1.54, 1.807) is 0 Å². The first-order valence-corrected chi connectivity index (χ1v) is 14.9. The van der Waals surface area contributed by atoms with Crippen molar-refractivity contribution < 1.29 is 52.3 Å². The molecule has 0 aliphatic heterocycles. The van der Waals surface area contributed by atoms with E-state index in [0.717, 1.165) is 38.5 Å². The van der Waals surface area contributed by atoms with Crippen molar-refractivity contribution in [3.63, 3.8) is 0 Å². The zero-order chi connectivity index (χ0) is 30.9. The molecule has 11 heteroatoms. The van der Waals surface area contributed by atoms with Gasteiger partial charge in [-0.1, -0.05) is 27.7 Å². The van der Waals surface area contributed by atoms with Gasteiger partial charge in [-0.05, 0) is 51.4 Å². The number of hydrogen-bond donors (Lipinski definition) is 0. The Morgan fingerprint density at radius 3 is 0.976 bits per heavy atom. The first kappa shape index (κ1) is 38.8. The fourth-order valence-electron chi connectivity index (χ4n) is 3.83. The van der Waals surface area contributed by atoms with E-state index in [2.05, 4.69) is 0 Å². The van der Waals surface area contributed by atoms with Gasteiger partial charge >= 0.3 is 23.9 Å². The summed E-state index contributed by atoms with van der Waals surface area (Å²) in [7, 11) is 2.78. The standard InChI is InChI=1S/C30H54O11/c1-23(27(31)35-5)11-7-15-37-17-9-13-25(3)29(33)40-21-19-39-20-22-41-30(34)26(4)14-10-18-38-16-8-12-24(2)28(32)36-6/h23-26H,7-22H2,1-6H3. The van der Waals surface area contributed by atoms with Crippen molar-refractivity contribution in [2.75, 3.05) is 67.1 Å². The maximum absolute atomic E-state index is 12.1. The molecule has 0 spiro atoms. The van der Waals surface area contributed by atoms with Gasteiger partial charge in [0.25, 0.3) is 0 Å². The number of rotatable bonds is 26. The Kier molecular flexibility index (Phi) is 24.1. The monoisotopic (exact) mass is 590 g/mol. The van der Waals surface area contributed by atoms with Crippen LogP contribution in [-0.4, -0.2) is 91.0 Å². The molecule has 0 fully saturated rings. The summed E-state index contributed by atoms with van der Waals surface area (Å²) in [6, 6.07) is 0. The van der Waals surface area contributed by atoms with E-state index in [1.807, 2.05) is 27.7 Å². The molecule has 0 saturated carbocycles. The van der Waals surface area contributed by atoms with Crippen molar-refractivity contribution in [2.45, 2.75) is 79.1 Å². The molecule has 0 saturated heterocycles. The third-order valence-corrected chi connectivity index (χ3v) is 6.66. The molecule has 0 aliphatic rings. The molecule has 0 bridgehead atoms. The second-order valence-corrected chi connectivity index (χ2v) is 10.4. The second-order valence-electron chi connectivity index (χ2n) is 10.4. The topological polar surface area (TPSA) is 133 Å². The molecule has 0 aromatic rings. The highest BCUT2D eigenvalue weighted by atomic mass is 16.6. The molecule has 4 unspecified atom stereocenters. The third kappa shape index (κ3) is 21.2. The summed E-state index contributed by atoms with van der Waals surface area (Å²) >= 11 is 0. The lowest BCUT2D eigenvalue weighted by Gasteiger charge is -2.13. The van der Waals surface area contributed by atoms with E-state index in [1.165, 1.54) is 14.2 Å². The predicted molar refractivity (Wildman–Crippen MR) is 152 cm³/mol. The van der Waals surface area contributed by atoms with Crippen molar-refractivity contribution >= 4 is 23.9 Å². The SMILES string of the molecule is COC(=O)C(C)CCCOCCCC(C)C(=O)OCCOCCOC(=O)C(C)CCCOCCCC(C)C(=O)OC. The number of hydrogen-bond acceptors (Lipinski definition) is 11. The number of ether oxygens (including phenoxy) is 7. The average molecular weight is 591 g/mol. The molecular formula is C30H54O11. The fourth-order valence-corrected chi connectivity index (χ4v) is 3.83. The van der Waals surface area contributed by atoms with Crippen molar-refractivity contribution in [1.82, 2.24) is 0 Å². The zero-order valence-electron chi connectivity index (χ0n) is 26.1. The van der Waals surface area contributed by atoms with Gasteiger partial charge in [-0.25, -0.2) is 0 Å². The van der Waals surface area contributed by atoms with Crippen LogP contribution in [0.1, 0.15) is 79.1 Å². The van der Waals surface area contributed by atoms with Crippen LogP contribution >= 0.6 is 0 Å². The highest BCUT2D eigenvalue weighted by Gasteiger charge is 2.16. The minimum Gasteiger partial charge on any atom is -0.469 e. The van der Waals surface area contributed by atoms with Gasteiger partial charge in [0.05, 0.1) is 51.1 Å². The summed E-state index contributed by atoms with van der Waals surface area (Å²) in [5, 5.41) is 0. The van der Waals surface area contributed by atoms with Crippen LogP contribution in [0.4, 0.5) is 0 Å². The summed E-state index contributed by atoms with van der Waals surface area (Å²) in [5.41, 5.74) is 0. The first-order valence-electron chi connectivity index (χ1n) is 14.9. The van der Waals surface area contributed by atoms with Crippen LogP contribution in [0.25, 0.3) is 0 Å². The van der Waals surface area contributed by atoms with E-state index in [0.29, 0.717) is 39.3 Å². The Morgan fingerprint density at radius 1 is 0.415 bits per heavy atom. The van der Waals surface area contributed by atoms with Gasteiger partial charge in [-0.3, -0.25) is 19.2 Å². The van der Waals surface area contributed by atoms with Crippen LogP contribution in [0.2, 0.25) is 0 Å². The molecule has 4 atom stereocenters. The van der Waals surface area contributed by atoms with Crippen LogP contribution in [0.3, 0.4) is 0 Å². The van der Waals surface area contributed by atoms with Crippen molar-refractivity contribution in [3.05, 3.63) is 0 Å². The van der Waals surface area contributed by atoms with Gasteiger partial charge in [0.1, 0.15) is 13.2 Å². The lowest BCUT2D eigenvalue weighted by Crippen LogP contribution is -2.20. The van der Waals surface area contributed by atoms with Gasteiger partial charge in [-0.2, -0.15) is 0 Å². The highest BCUT2D eigenvalue weighted by Crippen LogP contribution is 2.11. The lowest BCUT2D eigenvalue weighted by molar-refractivity contribution is -0.151. The molecule has 41 heavy (non-hydrogen) atoms. The van der Waals surface area contributed by atoms with E-state index in [4.69, 9.17) is 33.2 Å². The molecule has 0 amide bonds. The minimum atomic E-state index is -0.277. The molecule has 0 heterocycles. The summed E-state index contributed by atoms with van der Waals surface area (Å²) in [5.74, 6) is -1.70. The van der Waals surface area contributed by atoms with Crippen LogP contribution in [0.15, 0.2) is 0 Å². The normalized spacial score (nSPS) is 14.0. The summed E-state index contributed by atoms with van der Waals surface area (Å²) < 4.78 is 36.4. The molecule has 0 radical (unpaired) electrons. The molecule has 0 rings (SSSR count). The van der Waals surface area contributed by atoms with E-state index in [-0.39, 0.29) is 74.0 Å². The largest absolute Gasteiger partial charge is 0.469 e. The number of carbonyl (C=O) groups is 4. The molecule has 240 valence electrons. The Balaban J connectivity index is 3.63. The van der Waals surface area contributed by atoms with Gasteiger partial charge in [0, 0.05) is 26.4 Å². The number of esters is 4. The molecular weight excluding hydrogens is 536 g/mol. The summed E-state index contributed by atoms with van der Waals surface area (Å²) in [4.78, 5) is 46.9. The lowest BCUT2D eigenvalue weighted by atomic mass is 10.1. The first-order chi connectivity index (χ1) is 19.6. The molecule has 0 aliphatic carbocycles. The summed E-state index contributed by atoms with van der Waals surface area (Å²) in [6.07, 6.45) is 5.81. The van der Waals surface area contributed by atoms with Gasteiger partial charge in [0.2, 0.25) is 0 Å². The van der Waals surface area contributed by atoms with Crippen molar-refractivity contribution in [2.24, 2.45) is 23.7 Å². The third-order valence-electron chi connectivity index (χ3n) is 6.66. The average Bonchev–Trinajstić information content (AvgIpc) is 2.97.